The van der Waals surface area contributed by atoms with Crippen LogP contribution >= 0.6 is 0 Å². The second-order valence-corrected chi connectivity index (χ2v) is 5.41. The van der Waals surface area contributed by atoms with Gasteiger partial charge in [0.2, 0.25) is 0 Å². The van der Waals surface area contributed by atoms with Crippen LogP contribution in [-0.4, -0.2) is 27.9 Å². The summed E-state index contributed by atoms with van der Waals surface area (Å²) in [4.78, 5) is 16.5. The van der Waals surface area contributed by atoms with Gasteiger partial charge in [-0.1, -0.05) is 18.2 Å². The lowest BCUT2D eigenvalue weighted by Crippen LogP contribution is -2.30. The highest BCUT2D eigenvalue weighted by atomic mass is 19.4. The van der Waals surface area contributed by atoms with E-state index in [1.54, 1.807) is 18.2 Å². The molecule has 0 saturated carbocycles. The van der Waals surface area contributed by atoms with Crippen LogP contribution < -0.4 is 9.64 Å². The monoisotopic (exact) mass is 380 g/mol. The predicted molar refractivity (Wildman–Crippen MR) is 87.2 cm³/mol. The molecule has 2 aromatic heterocycles. The quantitative estimate of drug-likeness (QED) is 0.643. The molecule has 0 atom stereocenters. The fourth-order valence-corrected chi connectivity index (χ4v) is 2.23. The minimum atomic E-state index is -4.84. The van der Waals surface area contributed by atoms with Gasteiger partial charge in [0.1, 0.15) is 11.6 Å². The molecule has 0 aliphatic heterocycles. The molecular weight excluding hydrogens is 368 g/mol. The lowest BCUT2D eigenvalue weighted by Gasteiger charge is -2.17. The number of para-hydroxylation sites is 1. The van der Waals surface area contributed by atoms with Crippen LogP contribution in [0, 0.1) is 5.82 Å². The van der Waals surface area contributed by atoms with Gasteiger partial charge in [-0.3, -0.25) is 9.88 Å². The van der Waals surface area contributed by atoms with Gasteiger partial charge in [0.15, 0.2) is 5.69 Å². The van der Waals surface area contributed by atoms with Gasteiger partial charge in [0, 0.05) is 13.1 Å². The molecule has 0 fully saturated rings. The standard InChI is InChI=1S/C17H12F4N4O2/c1-24(16(26)27-13-5-3-2-4-6-13)14-10-25(23-15(14)17(19,20)21)12-7-11(18)8-22-9-12/h2-10H,1H3. The number of amides is 1. The minimum Gasteiger partial charge on any atom is -0.410 e. The highest BCUT2D eigenvalue weighted by Crippen LogP contribution is 2.36. The summed E-state index contributed by atoms with van der Waals surface area (Å²) in [5, 5.41) is 3.44. The van der Waals surface area contributed by atoms with Crippen molar-refractivity contribution in [3.8, 4) is 11.4 Å². The van der Waals surface area contributed by atoms with E-state index in [0.717, 1.165) is 36.4 Å². The van der Waals surface area contributed by atoms with Gasteiger partial charge in [-0.15, -0.1) is 0 Å². The van der Waals surface area contributed by atoms with Crippen molar-refractivity contribution in [3.05, 3.63) is 66.5 Å². The smallest absolute Gasteiger partial charge is 0.410 e. The summed E-state index contributed by atoms with van der Waals surface area (Å²) in [5.74, 6) is -0.570. The van der Waals surface area contributed by atoms with Crippen molar-refractivity contribution < 1.29 is 27.1 Å². The average molecular weight is 380 g/mol. The second-order valence-electron chi connectivity index (χ2n) is 5.41. The second kappa shape index (κ2) is 7.06. The molecule has 10 heteroatoms. The van der Waals surface area contributed by atoms with Gasteiger partial charge in [0.25, 0.3) is 0 Å². The Labute approximate surface area is 150 Å². The number of anilines is 1. The molecule has 0 bridgehead atoms. The predicted octanol–water partition coefficient (Wildman–Crippen LogP) is 4.06. The Morgan fingerprint density at radius 2 is 1.89 bits per heavy atom. The van der Waals surface area contributed by atoms with Gasteiger partial charge in [-0.05, 0) is 12.1 Å². The van der Waals surface area contributed by atoms with Gasteiger partial charge < -0.3 is 4.74 Å². The summed E-state index contributed by atoms with van der Waals surface area (Å²) in [7, 11) is 1.12. The Morgan fingerprint density at radius 3 is 2.52 bits per heavy atom. The normalized spacial score (nSPS) is 11.3. The largest absolute Gasteiger partial charge is 0.437 e. The summed E-state index contributed by atoms with van der Waals surface area (Å²) in [6, 6.07) is 8.85. The summed E-state index contributed by atoms with van der Waals surface area (Å²) in [6.07, 6.45) is -2.89. The van der Waals surface area contributed by atoms with E-state index in [4.69, 9.17) is 4.74 Å². The number of alkyl halides is 3. The topological polar surface area (TPSA) is 60.2 Å². The number of carbonyl (C=O) groups is 1. The Hall–Kier alpha value is -3.43. The van der Waals surface area contributed by atoms with Gasteiger partial charge in [-0.2, -0.15) is 18.3 Å². The SMILES string of the molecule is CN(C(=O)Oc1ccccc1)c1cn(-c2cncc(F)c2)nc1C(F)(F)F. The number of hydrogen-bond donors (Lipinski definition) is 0. The van der Waals surface area contributed by atoms with E-state index in [1.807, 2.05) is 0 Å². The van der Waals surface area contributed by atoms with Crippen LogP contribution in [0.4, 0.5) is 28.0 Å². The third-order valence-electron chi connectivity index (χ3n) is 3.50. The number of benzene rings is 1. The van der Waals surface area contributed by atoms with E-state index in [-0.39, 0.29) is 11.4 Å². The van der Waals surface area contributed by atoms with Crippen LogP contribution in [0.25, 0.3) is 5.69 Å². The molecule has 0 spiro atoms. The molecule has 27 heavy (non-hydrogen) atoms. The van der Waals surface area contributed by atoms with Crippen molar-refractivity contribution in [2.75, 3.05) is 11.9 Å². The maximum absolute atomic E-state index is 13.4. The number of aromatic nitrogens is 3. The van der Waals surface area contributed by atoms with E-state index in [0.29, 0.717) is 4.90 Å². The molecule has 3 aromatic rings. The molecule has 1 amide bonds. The first-order chi connectivity index (χ1) is 12.8. The van der Waals surface area contributed by atoms with Crippen molar-refractivity contribution in [3.63, 3.8) is 0 Å². The molecular formula is C17H12F4N4O2. The first-order valence-electron chi connectivity index (χ1n) is 7.54. The summed E-state index contributed by atoms with van der Waals surface area (Å²) in [6.45, 7) is 0. The molecule has 2 heterocycles. The molecule has 0 radical (unpaired) electrons. The number of ether oxygens (including phenoxy) is 1. The number of pyridine rings is 1. The first kappa shape index (κ1) is 18.4. The highest BCUT2D eigenvalue weighted by Gasteiger charge is 2.39. The number of nitrogens with zero attached hydrogens (tertiary/aromatic N) is 4. The van der Waals surface area contributed by atoms with Crippen molar-refractivity contribution in [1.82, 2.24) is 14.8 Å². The lowest BCUT2D eigenvalue weighted by molar-refractivity contribution is -0.140. The molecule has 3 rings (SSSR count). The Kier molecular flexibility index (Phi) is 4.80. The van der Waals surface area contributed by atoms with Gasteiger partial charge in [0.05, 0.1) is 30.0 Å². The maximum atomic E-state index is 13.4. The van der Waals surface area contributed by atoms with Crippen LogP contribution in [0.15, 0.2) is 55.0 Å². The van der Waals surface area contributed by atoms with Crippen LogP contribution in [0.3, 0.4) is 0 Å². The van der Waals surface area contributed by atoms with E-state index in [1.165, 1.54) is 12.1 Å². The van der Waals surface area contributed by atoms with Crippen LogP contribution in [0.2, 0.25) is 0 Å². The number of hydrogen-bond acceptors (Lipinski definition) is 4. The van der Waals surface area contributed by atoms with E-state index in [9.17, 15) is 22.4 Å². The fraction of sp³-hybridized carbons (Fsp3) is 0.118. The zero-order chi connectivity index (χ0) is 19.6. The van der Waals surface area contributed by atoms with Gasteiger partial charge in [-0.25, -0.2) is 13.9 Å². The third-order valence-corrected chi connectivity index (χ3v) is 3.50. The van der Waals surface area contributed by atoms with Crippen LogP contribution in [0.1, 0.15) is 5.69 Å². The Bertz CT molecular complexity index is 957. The first-order valence-corrected chi connectivity index (χ1v) is 7.54. The minimum absolute atomic E-state index is 0.0309. The summed E-state index contributed by atoms with van der Waals surface area (Å²) < 4.78 is 59.2. The van der Waals surface area contributed by atoms with Crippen molar-refractivity contribution in [2.24, 2.45) is 0 Å². The summed E-state index contributed by atoms with van der Waals surface area (Å²) in [5.41, 5.74) is -1.90. The lowest BCUT2D eigenvalue weighted by atomic mass is 10.3. The van der Waals surface area contributed by atoms with Crippen molar-refractivity contribution in [2.45, 2.75) is 6.18 Å². The highest BCUT2D eigenvalue weighted by molar-refractivity contribution is 5.89. The Morgan fingerprint density at radius 1 is 1.19 bits per heavy atom. The number of halogens is 4. The molecule has 1 aromatic carbocycles. The van der Waals surface area contributed by atoms with Crippen LogP contribution in [-0.2, 0) is 6.18 Å². The zero-order valence-corrected chi connectivity index (χ0v) is 13.8. The molecule has 140 valence electrons. The zero-order valence-electron chi connectivity index (χ0n) is 13.8. The van der Waals surface area contributed by atoms with Crippen molar-refractivity contribution >= 4 is 11.8 Å². The van der Waals surface area contributed by atoms with Crippen LogP contribution in [0.5, 0.6) is 5.75 Å². The molecule has 0 saturated heterocycles. The fourth-order valence-electron chi connectivity index (χ4n) is 2.23. The Balaban J connectivity index is 1.96. The average Bonchev–Trinajstić information content (AvgIpc) is 3.08. The molecule has 0 aliphatic rings. The molecule has 0 N–H and O–H groups in total. The number of carbonyl (C=O) groups excluding carboxylic acids is 1. The molecule has 6 nitrogen and oxygen atoms in total. The molecule has 0 aliphatic carbocycles. The maximum Gasteiger partial charge on any atom is 0.437 e. The van der Waals surface area contributed by atoms with Crippen molar-refractivity contribution in [1.29, 1.82) is 0 Å². The third kappa shape index (κ3) is 4.05. The van der Waals surface area contributed by atoms with E-state index < -0.39 is 29.5 Å². The summed E-state index contributed by atoms with van der Waals surface area (Å²) >= 11 is 0. The van der Waals surface area contributed by atoms with E-state index >= 15 is 0 Å². The number of rotatable bonds is 3. The molecule has 0 unspecified atom stereocenters. The van der Waals surface area contributed by atoms with Gasteiger partial charge >= 0.3 is 12.3 Å². The van der Waals surface area contributed by atoms with E-state index in [2.05, 4.69) is 10.1 Å².